The van der Waals surface area contributed by atoms with Crippen molar-refractivity contribution in [2.75, 3.05) is 18.5 Å². The van der Waals surface area contributed by atoms with Crippen LogP contribution in [0, 0.1) is 0 Å². The summed E-state index contributed by atoms with van der Waals surface area (Å²) in [5.74, 6) is -0.0650. The van der Waals surface area contributed by atoms with Crippen LogP contribution in [0.1, 0.15) is 5.56 Å². The van der Waals surface area contributed by atoms with Crippen LogP contribution in [-0.4, -0.2) is 35.9 Å². The zero-order valence-electron chi connectivity index (χ0n) is 13.7. The third kappa shape index (κ3) is 4.52. The van der Waals surface area contributed by atoms with Gasteiger partial charge in [0, 0.05) is 10.7 Å². The Morgan fingerprint density at radius 3 is 2.65 bits per heavy atom. The molecule has 0 radical (unpaired) electrons. The fraction of sp³-hybridized carbons (Fsp3) is 0.167. The summed E-state index contributed by atoms with van der Waals surface area (Å²) in [4.78, 5) is 36.4. The minimum atomic E-state index is -0.416. The molecule has 0 atom stereocenters. The van der Waals surface area contributed by atoms with Crippen molar-refractivity contribution in [1.29, 1.82) is 0 Å². The molecule has 3 rings (SSSR count). The van der Waals surface area contributed by atoms with Crippen LogP contribution in [-0.2, 0) is 16.1 Å². The molecule has 8 heteroatoms. The van der Waals surface area contributed by atoms with E-state index in [1.165, 1.54) is 0 Å². The SMILES string of the molecule is O=C(COc1ccc(Cl)cc1)Nc1cccc(CN2C(=O)CNC2=O)c1. The molecule has 0 unspecified atom stereocenters. The maximum atomic E-state index is 12.0. The number of nitrogens with zero attached hydrogens (tertiary/aromatic N) is 1. The van der Waals surface area contributed by atoms with Gasteiger partial charge < -0.3 is 15.4 Å². The van der Waals surface area contributed by atoms with Gasteiger partial charge in [-0.1, -0.05) is 23.7 Å². The summed E-state index contributed by atoms with van der Waals surface area (Å²) in [7, 11) is 0. The molecule has 1 aliphatic heterocycles. The van der Waals surface area contributed by atoms with Crippen molar-refractivity contribution in [3.8, 4) is 5.75 Å². The van der Waals surface area contributed by atoms with Crippen LogP contribution in [0.5, 0.6) is 5.75 Å². The first-order valence-corrected chi connectivity index (χ1v) is 8.24. The molecule has 2 N–H and O–H groups in total. The average molecular weight is 374 g/mol. The molecule has 26 heavy (non-hydrogen) atoms. The Morgan fingerprint density at radius 1 is 1.19 bits per heavy atom. The van der Waals surface area contributed by atoms with E-state index in [2.05, 4.69) is 10.6 Å². The highest BCUT2D eigenvalue weighted by Crippen LogP contribution is 2.16. The van der Waals surface area contributed by atoms with Gasteiger partial charge in [0.25, 0.3) is 5.91 Å². The van der Waals surface area contributed by atoms with Crippen LogP contribution in [0.25, 0.3) is 0 Å². The highest BCUT2D eigenvalue weighted by molar-refractivity contribution is 6.30. The average Bonchev–Trinajstić information content (AvgIpc) is 2.94. The molecule has 1 heterocycles. The third-order valence-corrected chi connectivity index (χ3v) is 3.92. The van der Waals surface area contributed by atoms with Crippen LogP contribution in [0.4, 0.5) is 10.5 Å². The molecule has 0 aliphatic carbocycles. The Balaban J connectivity index is 1.56. The second-order valence-corrected chi connectivity index (χ2v) is 6.07. The molecule has 1 fully saturated rings. The molecule has 0 spiro atoms. The summed E-state index contributed by atoms with van der Waals surface area (Å²) in [6.45, 7) is 0.00578. The molecule has 1 saturated heterocycles. The zero-order valence-corrected chi connectivity index (χ0v) is 14.5. The van der Waals surface area contributed by atoms with E-state index >= 15 is 0 Å². The van der Waals surface area contributed by atoms with Gasteiger partial charge in [-0.2, -0.15) is 0 Å². The van der Waals surface area contributed by atoms with E-state index in [0.29, 0.717) is 16.5 Å². The number of hydrogen-bond acceptors (Lipinski definition) is 4. The van der Waals surface area contributed by atoms with Crippen molar-refractivity contribution in [2.45, 2.75) is 6.54 Å². The van der Waals surface area contributed by atoms with E-state index in [4.69, 9.17) is 16.3 Å². The van der Waals surface area contributed by atoms with E-state index in [-0.39, 0.29) is 31.5 Å². The summed E-state index contributed by atoms with van der Waals surface area (Å²) in [6.07, 6.45) is 0. The van der Waals surface area contributed by atoms with E-state index in [9.17, 15) is 14.4 Å². The highest BCUT2D eigenvalue weighted by Gasteiger charge is 2.28. The van der Waals surface area contributed by atoms with Crippen molar-refractivity contribution >= 4 is 35.1 Å². The lowest BCUT2D eigenvalue weighted by atomic mass is 10.2. The van der Waals surface area contributed by atoms with E-state index in [0.717, 1.165) is 10.5 Å². The number of imide groups is 1. The van der Waals surface area contributed by atoms with Crippen molar-refractivity contribution in [3.05, 3.63) is 59.1 Å². The van der Waals surface area contributed by atoms with Gasteiger partial charge in [-0.15, -0.1) is 0 Å². The van der Waals surface area contributed by atoms with Gasteiger partial charge in [-0.3, -0.25) is 14.5 Å². The van der Waals surface area contributed by atoms with Crippen molar-refractivity contribution in [2.24, 2.45) is 0 Å². The molecule has 4 amide bonds. The van der Waals surface area contributed by atoms with Crippen molar-refractivity contribution < 1.29 is 19.1 Å². The summed E-state index contributed by atoms with van der Waals surface area (Å²) < 4.78 is 5.38. The normalized spacial score (nSPS) is 13.5. The molecule has 2 aromatic rings. The number of anilines is 1. The first kappa shape index (κ1) is 17.8. The Labute approximate surface area is 154 Å². The standard InChI is InChI=1S/C18H16ClN3O4/c19-13-4-6-15(7-5-13)26-11-16(23)21-14-3-1-2-12(8-14)10-22-17(24)9-20-18(22)25/h1-8H,9-11H2,(H,20,25)(H,21,23). The van der Waals surface area contributed by atoms with Crippen LogP contribution in [0.2, 0.25) is 5.02 Å². The number of amides is 4. The van der Waals surface area contributed by atoms with Gasteiger partial charge >= 0.3 is 6.03 Å². The smallest absolute Gasteiger partial charge is 0.324 e. The summed E-state index contributed by atoms with van der Waals surface area (Å²) in [5.41, 5.74) is 1.28. The zero-order chi connectivity index (χ0) is 18.5. The van der Waals surface area contributed by atoms with Crippen molar-refractivity contribution in [1.82, 2.24) is 10.2 Å². The monoisotopic (exact) mass is 373 g/mol. The largest absolute Gasteiger partial charge is 0.484 e. The first-order chi connectivity index (χ1) is 12.5. The second-order valence-electron chi connectivity index (χ2n) is 5.63. The predicted molar refractivity (Wildman–Crippen MR) is 96.0 cm³/mol. The number of hydrogen-bond donors (Lipinski definition) is 2. The van der Waals surface area contributed by atoms with Gasteiger partial charge in [0.2, 0.25) is 5.91 Å². The molecular weight excluding hydrogens is 358 g/mol. The molecule has 0 saturated carbocycles. The number of rotatable bonds is 6. The van der Waals surface area contributed by atoms with Gasteiger partial charge in [0.05, 0.1) is 13.1 Å². The molecule has 0 aromatic heterocycles. The Bertz CT molecular complexity index is 823. The topological polar surface area (TPSA) is 87.7 Å². The number of halogens is 1. The molecule has 2 aromatic carbocycles. The number of benzene rings is 2. The van der Waals surface area contributed by atoms with Gasteiger partial charge in [0.15, 0.2) is 6.61 Å². The van der Waals surface area contributed by atoms with E-state index in [1.54, 1.807) is 48.5 Å². The maximum Gasteiger partial charge on any atom is 0.324 e. The van der Waals surface area contributed by atoms with Gasteiger partial charge in [0.1, 0.15) is 5.75 Å². The predicted octanol–water partition coefficient (Wildman–Crippen LogP) is 2.41. The van der Waals surface area contributed by atoms with Gasteiger partial charge in [-0.05, 0) is 42.0 Å². The minimum Gasteiger partial charge on any atom is -0.484 e. The van der Waals surface area contributed by atoms with Crippen LogP contribution in [0.15, 0.2) is 48.5 Å². The lowest BCUT2D eigenvalue weighted by Crippen LogP contribution is -2.30. The quantitative estimate of drug-likeness (QED) is 0.761. The third-order valence-electron chi connectivity index (χ3n) is 3.67. The number of urea groups is 1. The number of carbonyl (C=O) groups is 3. The fourth-order valence-electron chi connectivity index (χ4n) is 2.42. The molecule has 7 nitrogen and oxygen atoms in total. The number of ether oxygens (including phenoxy) is 1. The Hall–Kier alpha value is -3.06. The van der Waals surface area contributed by atoms with Crippen molar-refractivity contribution in [3.63, 3.8) is 0 Å². The Morgan fingerprint density at radius 2 is 1.96 bits per heavy atom. The molecular formula is C18H16ClN3O4. The van der Waals surface area contributed by atoms with Gasteiger partial charge in [-0.25, -0.2) is 4.79 Å². The first-order valence-electron chi connectivity index (χ1n) is 7.86. The molecule has 0 bridgehead atoms. The number of carbonyl (C=O) groups excluding carboxylic acids is 3. The summed E-state index contributed by atoms with van der Waals surface area (Å²) >= 11 is 5.79. The lowest BCUT2D eigenvalue weighted by molar-refractivity contribution is -0.125. The van der Waals surface area contributed by atoms with E-state index < -0.39 is 6.03 Å². The minimum absolute atomic E-state index is 0.0112. The molecule has 1 aliphatic rings. The highest BCUT2D eigenvalue weighted by atomic mass is 35.5. The second kappa shape index (κ2) is 7.88. The van der Waals surface area contributed by atoms with Crippen LogP contribution < -0.4 is 15.4 Å². The maximum absolute atomic E-state index is 12.0. The van der Waals surface area contributed by atoms with E-state index in [1.807, 2.05) is 0 Å². The van der Waals surface area contributed by atoms with Crippen LogP contribution in [0.3, 0.4) is 0 Å². The Kier molecular flexibility index (Phi) is 5.38. The molecule has 134 valence electrons. The lowest BCUT2D eigenvalue weighted by Gasteiger charge is -2.13. The summed E-state index contributed by atoms with van der Waals surface area (Å²) in [5, 5.41) is 5.77. The fourth-order valence-corrected chi connectivity index (χ4v) is 2.55. The van der Waals surface area contributed by atoms with Crippen LogP contribution >= 0.6 is 11.6 Å². The summed E-state index contributed by atoms with van der Waals surface area (Å²) in [6, 6.07) is 13.2. The number of nitrogens with one attached hydrogen (secondary N) is 2.